The minimum Gasteiger partial charge on any atom is -0.481 e. The highest BCUT2D eigenvalue weighted by atomic mass is 19.4. The average molecular weight is 324 g/mol. The van der Waals surface area contributed by atoms with E-state index in [2.05, 4.69) is 5.29 Å². The summed E-state index contributed by atoms with van der Waals surface area (Å²) in [6.45, 7) is 0. The normalized spacial score (nSPS) is 11.1. The van der Waals surface area contributed by atoms with Gasteiger partial charge in [0, 0.05) is 0 Å². The number of nitrogens with zero attached hydrogens (tertiary/aromatic N) is 2. The van der Waals surface area contributed by atoms with E-state index in [4.69, 9.17) is 5.11 Å². The molecule has 0 bridgehead atoms. The number of aliphatic carboxylic acids is 1. The molecule has 5 nitrogen and oxygen atoms in total. The first kappa shape index (κ1) is 16.5. The van der Waals surface area contributed by atoms with E-state index in [0.29, 0.717) is 11.3 Å². The van der Waals surface area contributed by atoms with E-state index in [1.165, 1.54) is 24.3 Å². The summed E-state index contributed by atoms with van der Waals surface area (Å²) in [5, 5.41) is 12.4. The van der Waals surface area contributed by atoms with E-state index in [1.54, 1.807) is 0 Å². The fourth-order valence-corrected chi connectivity index (χ4v) is 1.96. The molecule has 120 valence electrons. The number of hydrogen-bond acceptors (Lipinski definition) is 3. The highest BCUT2D eigenvalue weighted by molar-refractivity contribution is 5.71. The van der Waals surface area contributed by atoms with Crippen LogP contribution in [0.25, 0.3) is 0 Å². The second-order valence-corrected chi connectivity index (χ2v) is 4.68. The number of hydrogen-bond donors (Lipinski definition) is 1. The molecule has 2 aromatic rings. The van der Waals surface area contributed by atoms with Gasteiger partial charge in [-0.2, -0.15) is 18.2 Å². The maximum Gasteiger partial charge on any atom is 0.416 e. The molecule has 2 rings (SSSR count). The summed E-state index contributed by atoms with van der Waals surface area (Å²) in [6, 6.07) is 9.93. The van der Waals surface area contributed by atoms with Crippen molar-refractivity contribution in [1.29, 1.82) is 0 Å². The van der Waals surface area contributed by atoms with Gasteiger partial charge in [-0.3, -0.25) is 4.79 Å². The third-order valence-electron chi connectivity index (χ3n) is 3.06. The summed E-state index contributed by atoms with van der Waals surface area (Å²) in [5.41, 5.74) is 0.177. The number of carbonyl (C=O) groups is 1. The van der Waals surface area contributed by atoms with Crippen LogP contribution >= 0.6 is 0 Å². The third-order valence-corrected chi connectivity index (χ3v) is 3.06. The van der Waals surface area contributed by atoms with E-state index < -0.39 is 17.7 Å². The van der Waals surface area contributed by atoms with Gasteiger partial charge < -0.3 is 5.11 Å². The third kappa shape index (κ3) is 4.06. The van der Waals surface area contributed by atoms with Gasteiger partial charge >= 0.3 is 12.1 Å². The number of nitroso groups, excluding NO2 is 1. The molecule has 0 radical (unpaired) electrons. The molecule has 1 N–H and O–H groups in total. The SMILES string of the molecule is O=NN(c1ccc(CC(=O)O)cc1)c1ccc(C(F)(F)F)cc1. The summed E-state index contributed by atoms with van der Waals surface area (Å²) in [6.07, 6.45) is -4.63. The van der Waals surface area contributed by atoms with Crippen LogP contribution in [0.2, 0.25) is 0 Å². The molecule has 0 spiro atoms. The molecule has 0 fully saturated rings. The Bertz CT molecular complexity index is 697. The second kappa shape index (κ2) is 6.47. The molecule has 0 aliphatic rings. The Balaban J connectivity index is 2.25. The number of carboxylic acids is 1. The van der Waals surface area contributed by atoms with Crippen LogP contribution < -0.4 is 5.01 Å². The Hall–Kier alpha value is -2.90. The fraction of sp³-hybridized carbons (Fsp3) is 0.133. The molecule has 0 saturated carbocycles. The number of anilines is 2. The number of alkyl halides is 3. The first-order chi connectivity index (χ1) is 10.8. The molecule has 0 unspecified atom stereocenters. The zero-order chi connectivity index (χ0) is 17.0. The predicted octanol–water partition coefficient (Wildman–Crippen LogP) is 4.15. The standard InChI is InChI=1S/C15H11F3N2O3/c16-15(17,18)11-3-7-13(8-4-11)20(19-23)12-5-1-10(2-6-12)9-14(21)22/h1-8H,9H2,(H,21,22). The minimum absolute atomic E-state index is 0.166. The van der Waals surface area contributed by atoms with Gasteiger partial charge in [0.2, 0.25) is 0 Å². The average Bonchev–Trinajstić information content (AvgIpc) is 2.49. The monoisotopic (exact) mass is 324 g/mol. The van der Waals surface area contributed by atoms with Gasteiger partial charge in [-0.15, -0.1) is 4.91 Å². The van der Waals surface area contributed by atoms with Crippen molar-refractivity contribution >= 4 is 17.3 Å². The maximum atomic E-state index is 12.5. The molecule has 0 atom stereocenters. The summed E-state index contributed by atoms with van der Waals surface area (Å²) in [4.78, 5) is 21.6. The van der Waals surface area contributed by atoms with Crippen molar-refractivity contribution in [3.05, 3.63) is 64.6 Å². The molecule has 23 heavy (non-hydrogen) atoms. The van der Waals surface area contributed by atoms with Crippen molar-refractivity contribution in [3.63, 3.8) is 0 Å². The van der Waals surface area contributed by atoms with E-state index in [1.807, 2.05) is 0 Å². The van der Waals surface area contributed by atoms with Crippen LogP contribution in [0.15, 0.2) is 53.8 Å². The molecular weight excluding hydrogens is 313 g/mol. The van der Waals surface area contributed by atoms with E-state index in [0.717, 1.165) is 29.3 Å². The van der Waals surface area contributed by atoms with E-state index >= 15 is 0 Å². The quantitative estimate of drug-likeness (QED) is 0.662. The molecule has 0 aliphatic heterocycles. The molecule has 0 heterocycles. The molecule has 0 amide bonds. The molecule has 0 saturated heterocycles. The maximum absolute atomic E-state index is 12.5. The zero-order valence-electron chi connectivity index (χ0n) is 11.6. The Kier molecular flexibility index (Phi) is 4.63. The largest absolute Gasteiger partial charge is 0.481 e. The van der Waals surface area contributed by atoms with Crippen molar-refractivity contribution in [2.24, 2.45) is 5.29 Å². The number of halogens is 3. The number of carboxylic acid groups (broad SMARTS) is 1. The van der Waals surface area contributed by atoms with Gasteiger partial charge in [-0.1, -0.05) is 12.1 Å². The van der Waals surface area contributed by atoms with Gasteiger partial charge in [-0.05, 0) is 42.0 Å². The zero-order valence-corrected chi connectivity index (χ0v) is 11.6. The highest BCUT2D eigenvalue weighted by Crippen LogP contribution is 2.32. The number of rotatable bonds is 5. The van der Waals surface area contributed by atoms with Crippen LogP contribution in [0.5, 0.6) is 0 Å². The smallest absolute Gasteiger partial charge is 0.416 e. The van der Waals surface area contributed by atoms with Crippen LogP contribution in [0, 0.1) is 4.91 Å². The Morgan fingerprint density at radius 1 is 1.00 bits per heavy atom. The molecule has 0 aromatic heterocycles. The Labute approximate surface area is 128 Å². The first-order valence-electron chi connectivity index (χ1n) is 6.42. The van der Waals surface area contributed by atoms with Crippen molar-refractivity contribution in [2.45, 2.75) is 12.6 Å². The summed E-state index contributed by atoms with van der Waals surface area (Å²) in [7, 11) is 0. The summed E-state index contributed by atoms with van der Waals surface area (Å²) >= 11 is 0. The summed E-state index contributed by atoms with van der Waals surface area (Å²) in [5.74, 6) is -0.995. The van der Waals surface area contributed by atoms with Gasteiger partial charge in [0.15, 0.2) is 0 Å². The van der Waals surface area contributed by atoms with Gasteiger partial charge in [0.25, 0.3) is 0 Å². The molecule has 8 heteroatoms. The van der Waals surface area contributed by atoms with Crippen molar-refractivity contribution in [2.75, 3.05) is 5.01 Å². The number of benzene rings is 2. The fourth-order valence-electron chi connectivity index (χ4n) is 1.96. The topological polar surface area (TPSA) is 70.0 Å². The van der Waals surface area contributed by atoms with Gasteiger partial charge in [-0.25, -0.2) is 0 Å². The lowest BCUT2D eigenvalue weighted by molar-refractivity contribution is -0.138. The minimum atomic E-state index is -4.46. The van der Waals surface area contributed by atoms with Crippen LogP contribution in [-0.4, -0.2) is 11.1 Å². The highest BCUT2D eigenvalue weighted by Gasteiger charge is 2.30. The lowest BCUT2D eigenvalue weighted by atomic mass is 10.1. The van der Waals surface area contributed by atoms with E-state index in [9.17, 15) is 22.9 Å². The molecule has 2 aromatic carbocycles. The van der Waals surface area contributed by atoms with Crippen LogP contribution in [0.1, 0.15) is 11.1 Å². The predicted molar refractivity (Wildman–Crippen MR) is 77.2 cm³/mol. The molecular formula is C15H11F3N2O3. The van der Waals surface area contributed by atoms with Crippen LogP contribution in [-0.2, 0) is 17.4 Å². The Morgan fingerprint density at radius 3 is 1.87 bits per heavy atom. The van der Waals surface area contributed by atoms with Crippen molar-refractivity contribution in [3.8, 4) is 0 Å². The van der Waals surface area contributed by atoms with Gasteiger partial charge in [0.1, 0.15) is 0 Å². The van der Waals surface area contributed by atoms with E-state index in [-0.39, 0.29) is 12.1 Å². The Morgan fingerprint density at radius 2 is 1.48 bits per heavy atom. The summed E-state index contributed by atoms with van der Waals surface area (Å²) < 4.78 is 37.6. The lowest BCUT2D eigenvalue weighted by Crippen LogP contribution is -2.09. The molecule has 0 aliphatic carbocycles. The lowest BCUT2D eigenvalue weighted by Gasteiger charge is -2.16. The van der Waals surface area contributed by atoms with Crippen molar-refractivity contribution in [1.82, 2.24) is 0 Å². The van der Waals surface area contributed by atoms with Gasteiger partial charge in [0.05, 0.1) is 28.6 Å². The van der Waals surface area contributed by atoms with Crippen LogP contribution in [0.4, 0.5) is 24.5 Å². The van der Waals surface area contributed by atoms with Crippen molar-refractivity contribution < 1.29 is 23.1 Å². The first-order valence-corrected chi connectivity index (χ1v) is 6.42. The van der Waals surface area contributed by atoms with Crippen LogP contribution in [0.3, 0.4) is 0 Å². The second-order valence-electron chi connectivity index (χ2n) is 4.68.